The quantitative estimate of drug-likeness (QED) is 0.601. The topological polar surface area (TPSA) is 46.9 Å². The van der Waals surface area contributed by atoms with Crippen LogP contribution in [0.5, 0.6) is 0 Å². The molecule has 29 heavy (non-hydrogen) atoms. The van der Waals surface area contributed by atoms with Crippen LogP contribution in [0.3, 0.4) is 0 Å². The Morgan fingerprint density at radius 2 is 2.07 bits per heavy atom. The van der Waals surface area contributed by atoms with Gasteiger partial charge in [0.15, 0.2) is 0 Å². The summed E-state index contributed by atoms with van der Waals surface area (Å²) in [6.45, 7) is 6.62. The predicted molar refractivity (Wildman–Crippen MR) is 115 cm³/mol. The maximum atomic E-state index is 13.1. The van der Waals surface area contributed by atoms with Gasteiger partial charge < -0.3 is 5.32 Å². The SMILES string of the molecule is CC[C@H]1CCc2sc(C(=O)Nc3c(C)nn(Cc4ccc(F)cc4)c3C)cc2C1. The molecular weight excluding hydrogens is 385 g/mol. The lowest BCUT2D eigenvalue weighted by atomic mass is 9.87. The first kappa shape index (κ1) is 19.8. The maximum Gasteiger partial charge on any atom is 0.265 e. The van der Waals surface area contributed by atoms with Crippen LogP contribution in [-0.2, 0) is 19.4 Å². The molecule has 2 aromatic heterocycles. The predicted octanol–water partition coefficient (Wildman–Crippen LogP) is 5.52. The zero-order valence-electron chi connectivity index (χ0n) is 17.1. The molecule has 0 saturated carbocycles. The molecule has 4 nitrogen and oxygen atoms in total. The Morgan fingerprint density at radius 1 is 1.31 bits per heavy atom. The van der Waals surface area contributed by atoms with Gasteiger partial charge in [-0.1, -0.05) is 25.5 Å². The standard InChI is InChI=1S/C23H26FN3OS/c1-4-16-7-10-20-18(11-16)12-21(29-20)23(28)25-22-14(2)26-27(15(22)3)13-17-5-8-19(24)9-6-17/h5-6,8-9,12,16H,4,7,10-11,13H2,1-3H3,(H,25,28)/t16-/m0/s1. The lowest BCUT2D eigenvalue weighted by Gasteiger charge is -2.19. The van der Waals surface area contributed by atoms with Gasteiger partial charge in [0.2, 0.25) is 0 Å². The minimum absolute atomic E-state index is 0.0648. The second-order valence-corrected chi connectivity index (χ2v) is 9.00. The molecule has 0 saturated heterocycles. The fraction of sp³-hybridized carbons (Fsp3) is 0.391. The van der Waals surface area contributed by atoms with Crippen molar-refractivity contribution in [2.24, 2.45) is 5.92 Å². The highest BCUT2D eigenvalue weighted by molar-refractivity contribution is 7.14. The van der Waals surface area contributed by atoms with Crippen LogP contribution in [0.4, 0.5) is 10.1 Å². The third kappa shape index (κ3) is 4.13. The summed E-state index contributed by atoms with van der Waals surface area (Å²) in [5.41, 5.74) is 4.75. The Kier molecular flexibility index (Phi) is 5.54. The zero-order chi connectivity index (χ0) is 20.5. The van der Waals surface area contributed by atoms with E-state index in [0.29, 0.717) is 6.54 Å². The van der Waals surface area contributed by atoms with Crippen molar-refractivity contribution in [2.45, 2.75) is 53.0 Å². The Balaban J connectivity index is 1.51. The van der Waals surface area contributed by atoms with Crippen molar-refractivity contribution >= 4 is 22.9 Å². The fourth-order valence-corrected chi connectivity index (χ4v) is 5.13. The van der Waals surface area contributed by atoms with E-state index in [9.17, 15) is 9.18 Å². The monoisotopic (exact) mass is 411 g/mol. The minimum Gasteiger partial charge on any atom is -0.318 e. The molecule has 4 rings (SSSR count). The van der Waals surface area contributed by atoms with Gasteiger partial charge in [-0.25, -0.2) is 4.39 Å². The average Bonchev–Trinajstić information content (AvgIpc) is 3.25. The second-order valence-electron chi connectivity index (χ2n) is 7.86. The molecule has 0 aliphatic heterocycles. The van der Waals surface area contributed by atoms with Gasteiger partial charge in [-0.15, -0.1) is 11.3 Å². The smallest absolute Gasteiger partial charge is 0.265 e. The number of carbonyl (C=O) groups is 1. The van der Waals surface area contributed by atoms with Crippen molar-refractivity contribution in [3.05, 3.63) is 68.4 Å². The summed E-state index contributed by atoms with van der Waals surface area (Å²) in [5.74, 6) is 0.422. The van der Waals surface area contributed by atoms with E-state index in [2.05, 4.69) is 23.4 Å². The number of hydrogen-bond donors (Lipinski definition) is 1. The molecule has 152 valence electrons. The summed E-state index contributed by atoms with van der Waals surface area (Å²) in [7, 11) is 0. The van der Waals surface area contributed by atoms with Crippen molar-refractivity contribution in [3.8, 4) is 0 Å². The Hall–Kier alpha value is -2.47. The molecule has 1 aliphatic carbocycles. The van der Waals surface area contributed by atoms with Gasteiger partial charge in [-0.05, 0) is 68.4 Å². The highest BCUT2D eigenvalue weighted by atomic mass is 32.1. The highest BCUT2D eigenvalue weighted by Gasteiger charge is 2.23. The first-order chi connectivity index (χ1) is 13.9. The number of aryl methyl sites for hydroxylation is 2. The zero-order valence-corrected chi connectivity index (χ0v) is 17.9. The molecule has 0 spiro atoms. The summed E-state index contributed by atoms with van der Waals surface area (Å²) in [6, 6.07) is 8.48. The Bertz CT molecular complexity index is 1040. The number of rotatable bonds is 5. The average molecular weight is 412 g/mol. The van der Waals surface area contributed by atoms with Gasteiger partial charge in [0.25, 0.3) is 5.91 Å². The number of amides is 1. The van der Waals surface area contributed by atoms with Gasteiger partial charge >= 0.3 is 0 Å². The van der Waals surface area contributed by atoms with Gasteiger partial charge in [0, 0.05) is 4.88 Å². The van der Waals surface area contributed by atoms with Crippen molar-refractivity contribution in [3.63, 3.8) is 0 Å². The Labute approximate surface area is 174 Å². The van der Waals surface area contributed by atoms with Crippen LogP contribution in [0, 0.1) is 25.6 Å². The van der Waals surface area contributed by atoms with E-state index < -0.39 is 0 Å². The molecule has 1 N–H and O–H groups in total. The number of thiophene rings is 1. The second kappa shape index (κ2) is 8.11. The molecule has 1 aliphatic rings. The van der Waals surface area contributed by atoms with Gasteiger partial charge in [-0.3, -0.25) is 9.48 Å². The van der Waals surface area contributed by atoms with Crippen molar-refractivity contribution < 1.29 is 9.18 Å². The summed E-state index contributed by atoms with van der Waals surface area (Å²) < 4.78 is 15.0. The largest absolute Gasteiger partial charge is 0.318 e. The third-order valence-electron chi connectivity index (χ3n) is 5.85. The van der Waals surface area contributed by atoms with Gasteiger partial charge in [0.1, 0.15) is 5.82 Å². The fourth-order valence-electron chi connectivity index (χ4n) is 4.03. The molecule has 0 bridgehead atoms. The first-order valence-corrected chi connectivity index (χ1v) is 11.0. The molecule has 0 unspecified atom stereocenters. The molecule has 3 aromatic rings. The van der Waals surface area contributed by atoms with Crippen LogP contribution in [0.15, 0.2) is 30.3 Å². The molecule has 2 heterocycles. The summed E-state index contributed by atoms with van der Waals surface area (Å²) >= 11 is 1.62. The van der Waals surface area contributed by atoms with E-state index in [4.69, 9.17) is 0 Å². The van der Waals surface area contributed by atoms with Crippen LogP contribution in [0.1, 0.15) is 56.8 Å². The van der Waals surface area contributed by atoms with E-state index in [1.165, 1.54) is 35.4 Å². The van der Waals surface area contributed by atoms with Crippen LogP contribution >= 0.6 is 11.3 Å². The molecule has 0 fully saturated rings. The highest BCUT2D eigenvalue weighted by Crippen LogP contribution is 2.34. The number of anilines is 1. The van der Waals surface area contributed by atoms with Gasteiger partial charge in [-0.2, -0.15) is 5.10 Å². The minimum atomic E-state index is -0.251. The van der Waals surface area contributed by atoms with E-state index in [0.717, 1.165) is 46.3 Å². The maximum absolute atomic E-state index is 13.1. The van der Waals surface area contributed by atoms with Crippen LogP contribution in [-0.4, -0.2) is 15.7 Å². The van der Waals surface area contributed by atoms with E-state index in [-0.39, 0.29) is 11.7 Å². The van der Waals surface area contributed by atoms with E-state index in [1.54, 1.807) is 23.5 Å². The number of aromatic nitrogens is 2. The van der Waals surface area contributed by atoms with Gasteiger partial charge in [0.05, 0.1) is 28.5 Å². The van der Waals surface area contributed by atoms with Crippen molar-refractivity contribution in [1.82, 2.24) is 9.78 Å². The molecule has 1 aromatic carbocycles. The number of benzene rings is 1. The number of fused-ring (bicyclic) bond motifs is 1. The summed E-state index contributed by atoms with van der Waals surface area (Å²) in [4.78, 5) is 15.0. The summed E-state index contributed by atoms with van der Waals surface area (Å²) in [6.07, 6.45) is 4.59. The first-order valence-electron chi connectivity index (χ1n) is 10.2. The molecule has 0 radical (unpaired) electrons. The normalized spacial score (nSPS) is 15.9. The number of nitrogens with zero attached hydrogens (tertiary/aromatic N) is 2. The molecule has 1 atom stereocenters. The number of carbonyl (C=O) groups excluding carboxylic acids is 1. The lowest BCUT2D eigenvalue weighted by molar-refractivity contribution is 0.103. The summed E-state index contributed by atoms with van der Waals surface area (Å²) in [5, 5.41) is 7.64. The van der Waals surface area contributed by atoms with E-state index in [1.807, 2.05) is 18.5 Å². The van der Waals surface area contributed by atoms with Crippen LogP contribution < -0.4 is 5.32 Å². The van der Waals surface area contributed by atoms with Crippen molar-refractivity contribution in [1.29, 1.82) is 0 Å². The lowest BCUT2D eigenvalue weighted by Crippen LogP contribution is -2.12. The van der Waals surface area contributed by atoms with Crippen molar-refractivity contribution in [2.75, 3.05) is 5.32 Å². The van der Waals surface area contributed by atoms with E-state index >= 15 is 0 Å². The van der Waals surface area contributed by atoms with Crippen LogP contribution in [0.2, 0.25) is 0 Å². The number of nitrogens with one attached hydrogen (secondary N) is 1. The molecule has 1 amide bonds. The Morgan fingerprint density at radius 3 is 2.79 bits per heavy atom. The third-order valence-corrected chi connectivity index (χ3v) is 7.09. The molecule has 6 heteroatoms. The number of hydrogen-bond acceptors (Lipinski definition) is 3. The van der Waals surface area contributed by atoms with Crippen LogP contribution in [0.25, 0.3) is 0 Å². The molecular formula is C23H26FN3OS. The number of halogens is 1.